The van der Waals surface area contributed by atoms with Gasteiger partial charge >= 0.3 is 10.1 Å². The van der Waals surface area contributed by atoms with E-state index in [1.165, 1.54) is 42.5 Å². The van der Waals surface area contributed by atoms with Gasteiger partial charge in [0, 0.05) is 20.6 Å². The average molecular weight is 605 g/mol. The van der Waals surface area contributed by atoms with Gasteiger partial charge in [-0.2, -0.15) is 8.42 Å². The van der Waals surface area contributed by atoms with Crippen molar-refractivity contribution >= 4 is 84.7 Å². The van der Waals surface area contributed by atoms with Crippen molar-refractivity contribution in [3.8, 4) is 5.75 Å². The van der Waals surface area contributed by atoms with Crippen molar-refractivity contribution in [3.05, 3.63) is 110 Å². The minimum Gasteiger partial charge on any atom is -0.378 e. The molecule has 1 aliphatic rings. The van der Waals surface area contributed by atoms with Gasteiger partial charge in [0.15, 0.2) is 5.75 Å². The molecular formula is C27H16Cl3NO5S2. The molecule has 5 rings (SSSR count). The lowest BCUT2D eigenvalue weighted by molar-refractivity contribution is -0.123. The summed E-state index contributed by atoms with van der Waals surface area (Å²) in [5.74, 6) is -0.531. The van der Waals surface area contributed by atoms with Crippen molar-refractivity contribution in [2.24, 2.45) is 0 Å². The first-order valence-electron chi connectivity index (χ1n) is 11.0. The number of rotatable bonds is 6. The second kappa shape index (κ2) is 10.6. The first-order chi connectivity index (χ1) is 18.1. The number of amides is 2. The lowest BCUT2D eigenvalue weighted by Crippen LogP contribution is -2.27. The molecule has 0 aromatic heterocycles. The van der Waals surface area contributed by atoms with Gasteiger partial charge in [0.2, 0.25) is 0 Å². The van der Waals surface area contributed by atoms with Crippen LogP contribution in [0.3, 0.4) is 0 Å². The number of thioether (sulfide) groups is 1. The fourth-order valence-electron chi connectivity index (χ4n) is 3.85. The topological polar surface area (TPSA) is 80.8 Å². The molecule has 2 amide bonds. The molecule has 0 N–H and O–H groups in total. The highest BCUT2D eigenvalue weighted by molar-refractivity contribution is 8.18. The van der Waals surface area contributed by atoms with E-state index in [1.807, 2.05) is 12.1 Å². The first kappa shape index (κ1) is 26.6. The van der Waals surface area contributed by atoms with E-state index in [0.29, 0.717) is 31.6 Å². The van der Waals surface area contributed by atoms with E-state index in [-0.39, 0.29) is 22.1 Å². The van der Waals surface area contributed by atoms with Gasteiger partial charge in [0.05, 0.1) is 11.4 Å². The zero-order valence-corrected chi connectivity index (χ0v) is 23.1. The molecule has 0 saturated carbocycles. The summed E-state index contributed by atoms with van der Waals surface area (Å²) in [4.78, 5) is 27.1. The van der Waals surface area contributed by atoms with Crippen molar-refractivity contribution in [1.29, 1.82) is 0 Å². The molecule has 6 nitrogen and oxygen atoms in total. The zero-order valence-electron chi connectivity index (χ0n) is 19.2. The summed E-state index contributed by atoms with van der Waals surface area (Å²) in [5, 5.41) is 2.10. The molecule has 192 valence electrons. The Morgan fingerprint density at radius 3 is 2.32 bits per heavy atom. The van der Waals surface area contributed by atoms with Crippen molar-refractivity contribution in [2.75, 3.05) is 0 Å². The van der Waals surface area contributed by atoms with Gasteiger partial charge in [-0.15, -0.1) is 0 Å². The molecular weight excluding hydrogens is 589 g/mol. The number of hydrogen-bond donors (Lipinski definition) is 0. The quantitative estimate of drug-likeness (QED) is 0.165. The standard InChI is InChI=1S/C27H16Cl3NO5S2/c28-18-8-10-20(11-9-18)38(34,35)36-24-12-6-16-3-1-2-4-21(16)22(24)14-25-26(32)31(27(33)37-25)15-17-5-7-19(29)13-23(17)30/h1-14H,15H2/b25-14-. The molecule has 1 aliphatic heterocycles. The van der Waals surface area contributed by atoms with Gasteiger partial charge in [-0.25, -0.2) is 0 Å². The van der Waals surface area contributed by atoms with Crippen molar-refractivity contribution in [1.82, 2.24) is 4.90 Å². The summed E-state index contributed by atoms with van der Waals surface area (Å²) in [6.07, 6.45) is 1.48. The molecule has 1 saturated heterocycles. The van der Waals surface area contributed by atoms with Gasteiger partial charge < -0.3 is 4.18 Å². The number of hydrogen-bond acceptors (Lipinski definition) is 6. The highest BCUT2D eigenvalue weighted by Gasteiger charge is 2.36. The lowest BCUT2D eigenvalue weighted by atomic mass is 10.0. The number of imide groups is 1. The van der Waals surface area contributed by atoms with Crippen molar-refractivity contribution in [2.45, 2.75) is 11.4 Å². The van der Waals surface area contributed by atoms with Crippen LogP contribution < -0.4 is 4.18 Å². The largest absolute Gasteiger partial charge is 0.378 e. The number of benzene rings is 4. The van der Waals surface area contributed by atoms with Crippen molar-refractivity contribution in [3.63, 3.8) is 0 Å². The molecule has 1 fully saturated rings. The SMILES string of the molecule is O=C1S/C(=C\c2c(OS(=O)(=O)c3ccc(Cl)cc3)ccc3ccccc23)C(=O)N1Cc1ccc(Cl)cc1Cl. The maximum Gasteiger partial charge on any atom is 0.339 e. The van der Waals surface area contributed by atoms with E-state index in [9.17, 15) is 18.0 Å². The molecule has 4 aromatic rings. The van der Waals surface area contributed by atoms with Crippen LogP contribution in [0, 0.1) is 0 Å². The zero-order chi connectivity index (χ0) is 27.0. The summed E-state index contributed by atoms with van der Waals surface area (Å²) >= 11 is 18.8. The predicted molar refractivity (Wildman–Crippen MR) is 151 cm³/mol. The molecule has 11 heteroatoms. The van der Waals surface area contributed by atoms with Crippen LogP contribution in [0.15, 0.2) is 88.7 Å². The maximum absolute atomic E-state index is 13.3. The third-order valence-electron chi connectivity index (χ3n) is 5.73. The summed E-state index contributed by atoms with van der Waals surface area (Å²) in [6.45, 7) is -0.0398. The van der Waals surface area contributed by atoms with Crippen LogP contribution in [0.5, 0.6) is 5.75 Å². The Hall–Kier alpha value is -3.01. The normalized spacial score (nSPS) is 15.0. The van der Waals surface area contributed by atoms with Crippen LogP contribution in [-0.2, 0) is 21.5 Å². The number of fused-ring (bicyclic) bond motifs is 1. The van der Waals surface area contributed by atoms with Crippen molar-refractivity contribution < 1.29 is 22.2 Å². The fourth-order valence-corrected chi connectivity index (χ4v) is 6.21. The second-order valence-electron chi connectivity index (χ2n) is 8.19. The van der Waals surface area contributed by atoms with Gasteiger partial charge in [-0.1, -0.05) is 71.2 Å². The maximum atomic E-state index is 13.3. The molecule has 4 aromatic carbocycles. The van der Waals surface area contributed by atoms with Crippen LogP contribution in [0.4, 0.5) is 4.79 Å². The Morgan fingerprint density at radius 1 is 0.868 bits per heavy atom. The molecule has 1 heterocycles. The second-order valence-corrected chi connectivity index (χ2v) is 12.0. The van der Waals surface area contributed by atoms with Crippen LogP contribution in [0.1, 0.15) is 11.1 Å². The highest BCUT2D eigenvalue weighted by atomic mass is 35.5. The predicted octanol–water partition coefficient (Wildman–Crippen LogP) is 7.80. The van der Waals surface area contributed by atoms with Gasteiger partial charge in [0.25, 0.3) is 11.1 Å². The van der Waals surface area contributed by atoms with E-state index in [4.69, 9.17) is 39.0 Å². The Labute approximate surface area is 237 Å². The highest BCUT2D eigenvalue weighted by Crippen LogP contribution is 2.38. The van der Waals surface area contributed by atoms with Crippen LogP contribution in [-0.4, -0.2) is 24.5 Å². The van der Waals surface area contributed by atoms with Crippen LogP contribution >= 0.6 is 46.6 Å². The molecule has 0 aliphatic carbocycles. The molecule has 38 heavy (non-hydrogen) atoms. The van der Waals surface area contributed by atoms with Gasteiger partial charge in [-0.3, -0.25) is 14.5 Å². The van der Waals surface area contributed by atoms with E-state index < -0.39 is 21.3 Å². The summed E-state index contributed by atoms with van der Waals surface area (Å²) in [5.41, 5.74) is 0.901. The van der Waals surface area contributed by atoms with Gasteiger partial charge in [0.1, 0.15) is 4.90 Å². The molecule has 0 atom stereocenters. The first-order valence-corrected chi connectivity index (χ1v) is 14.4. The number of halogens is 3. The van der Waals surface area contributed by atoms with Crippen LogP contribution in [0.2, 0.25) is 15.1 Å². The summed E-state index contributed by atoms with van der Waals surface area (Å²) in [7, 11) is -4.22. The van der Waals surface area contributed by atoms with E-state index in [0.717, 1.165) is 22.0 Å². The summed E-state index contributed by atoms with van der Waals surface area (Å²) < 4.78 is 31.6. The van der Waals surface area contributed by atoms with Crippen LogP contribution in [0.25, 0.3) is 16.8 Å². The fraction of sp³-hybridized carbons (Fsp3) is 0.0370. The number of nitrogens with zero attached hydrogens (tertiary/aromatic N) is 1. The van der Waals surface area contributed by atoms with E-state index in [1.54, 1.807) is 30.3 Å². The summed E-state index contributed by atoms with van der Waals surface area (Å²) in [6, 6.07) is 20.8. The molecule has 0 bridgehead atoms. The average Bonchev–Trinajstić information content (AvgIpc) is 3.14. The number of carbonyl (C=O) groups excluding carboxylic acids is 2. The van der Waals surface area contributed by atoms with E-state index in [2.05, 4.69) is 0 Å². The Bertz CT molecular complexity index is 1740. The lowest BCUT2D eigenvalue weighted by Gasteiger charge is -2.14. The van der Waals surface area contributed by atoms with E-state index >= 15 is 0 Å². The third-order valence-corrected chi connectivity index (χ3v) is 8.72. The molecule has 0 unspecified atom stereocenters. The third kappa shape index (κ3) is 5.41. The Balaban J connectivity index is 1.54. The minimum atomic E-state index is -4.22. The monoisotopic (exact) mass is 603 g/mol. The Kier molecular flexibility index (Phi) is 7.44. The minimum absolute atomic E-state index is 0.00574. The van der Waals surface area contributed by atoms with Gasteiger partial charge in [-0.05, 0) is 76.6 Å². The molecule has 0 radical (unpaired) electrons. The molecule has 0 spiro atoms. The number of carbonyl (C=O) groups is 2. The Morgan fingerprint density at radius 2 is 1.58 bits per heavy atom. The smallest absolute Gasteiger partial charge is 0.339 e.